The zero-order valence-corrected chi connectivity index (χ0v) is 15.3. The Balaban J connectivity index is 1.42. The number of likely N-dealkylation sites (tertiary alicyclic amines) is 1. The molecule has 2 fully saturated rings. The molecule has 4 heterocycles. The molecule has 0 saturated carbocycles. The molecule has 0 aliphatic carbocycles. The van der Waals surface area contributed by atoms with Crippen LogP contribution in [0.1, 0.15) is 53.2 Å². The van der Waals surface area contributed by atoms with Crippen molar-refractivity contribution in [2.24, 2.45) is 0 Å². The molecule has 0 N–H and O–H groups in total. The maximum Gasteiger partial charge on any atom is 0.255 e. The van der Waals surface area contributed by atoms with E-state index in [0.29, 0.717) is 30.5 Å². The molecule has 1 atom stereocenters. The number of hydrogen-bond donors (Lipinski definition) is 0. The number of nitrogens with zero attached hydrogens (tertiary/aromatic N) is 4. The highest BCUT2D eigenvalue weighted by molar-refractivity contribution is 9.10. The molecule has 132 valence electrons. The first-order chi connectivity index (χ1) is 12.2. The molecule has 7 nitrogen and oxygen atoms in total. The van der Waals surface area contributed by atoms with Gasteiger partial charge in [-0.2, -0.15) is 4.98 Å². The van der Waals surface area contributed by atoms with E-state index in [2.05, 4.69) is 31.1 Å². The Bertz CT molecular complexity index is 760. The SMILES string of the molecule is O=C(c1cncc(Br)c1)N1CCC(c2nc(C3CCOCC3)no2)C1. The highest BCUT2D eigenvalue weighted by atomic mass is 79.9. The van der Waals surface area contributed by atoms with E-state index in [1.165, 1.54) is 0 Å². The first-order valence-electron chi connectivity index (χ1n) is 8.52. The largest absolute Gasteiger partial charge is 0.381 e. The fourth-order valence-corrected chi connectivity index (χ4v) is 3.76. The third kappa shape index (κ3) is 3.59. The molecule has 25 heavy (non-hydrogen) atoms. The number of hydrogen-bond acceptors (Lipinski definition) is 6. The van der Waals surface area contributed by atoms with Crippen molar-refractivity contribution in [1.82, 2.24) is 20.0 Å². The molecule has 1 amide bonds. The van der Waals surface area contributed by atoms with Crippen LogP contribution in [0.2, 0.25) is 0 Å². The summed E-state index contributed by atoms with van der Waals surface area (Å²) in [6.45, 7) is 2.79. The van der Waals surface area contributed by atoms with Crippen molar-refractivity contribution < 1.29 is 14.1 Å². The van der Waals surface area contributed by atoms with Gasteiger partial charge in [-0.05, 0) is 41.3 Å². The van der Waals surface area contributed by atoms with Crippen LogP contribution < -0.4 is 0 Å². The van der Waals surface area contributed by atoms with Gasteiger partial charge in [0.15, 0.2) is 5.82 Å². The van der Waals surface area contributed by atoms with Crippen molar-refractivity contribution in [1.29, 1.82) is 0 Å². The maximum absolute atomic E-state index is 12.6. The second kappa shape index (κ2) is 7.21. The molecule has 4 rings (SSSR count). The molecule has 0 radical (unpaired) electrons. The van der Waals surface area contributed by atoms with Crippen molar-refractivity contribution in [2.75, 3.05) is 26.3 Å². The minimum absolute atomic E-state index is 0.0135. The number of halogens is 1. The van der Waals surface area contributed by atoms with E-state index in [9.17, 15) is 4.79 Å². The minimum atomic E-state index is -0.0135. The maximum atomic E-state index is 12.6. The molecular formula is C17H19BrN4O3. The van der Waals surface area contributed by atoms with Crippen LogP contribution in [0.3, 0.4) is 0 Å². The number of amides is 1. The van der Waals surface area contributed by atoms with Gasteiger partial charge in [0.25, 0.3) is 5.91 Å². The Morgan fingerprint density at radius 3 is 2.84 bits per heavy atom. The molecule has 2 aromatic rings. The van der Waals surface area contributed by atoms with Crippen LogP contribution in [0.15, 0.2) is 27.5 Å². The van der Waals surface area contributed by atoms with E-state index in [-0.39, 0.29) is 11.8 Å². The topological polar surface area (TPSA) is 81.4 Å². The van der Waals surface area contributed by atoms with Crippen molar-refractivity contribution in [3.05, 3.63) is 40.2 Å². The van der Waals surface area contributed by atoms with Gasteiger partial charge in [0.1, 0.15) is 0 Å². The normalized spacial score (nSPS) is 21.6. The van der Waals surface area contributed by atoms with Crippen LogP contribution in [0.25, 0.3) is 0 Å². The highest BCUT2D eigenvalue weighted by Crippen LogP contribution is 2.30. The lowest BCUT2D eigenvalue weighted by Gasteiger charge is -2.18. The lowest BCUT2D eigenvalue weighted by atomic mass is 10.00. The van der Waals surface area contributed by atoms with Gasteiger partial charge in [-0.3, -0.25) is 9.78 Å². The second-order valence-electron chi connectivity index (χ2n) is 6.51. The highest BCUT2D eigenvalue weighted by Gasteiger charge is 2.32. The van der Waals surface area contributed by atoms with Gasteiger partial charge in [-0.25, -0.2) is 0 Å². The van der Waals surface area contributed by atoms with E-state index in [1.54, 1.807) is 18.5 Å². The van der Waals surface area contributed by atoms with Gasteiger partial charge in [0, 0.05) is 49.1 Å². The van der Waals surface area contributed by atoms with Crippen LogP contribution in [-0.4, -0.2) is 52.2 Å². The molecule has 0 spiro atoms. The molecule has 2 saturated heterocycles. The van der Waals surface area contributed by atoms with Crippen LogP contribution in [0.4, 0.5) is 0 Å². The van der Waals surface area contributed by atoms with Crippen molar-refractivity contribution in [2.45, 2.75) is 31.1 Å². The van der Waals surface area contributed by atoms with Crippen LogP contribution in [0.5, 0.6) is 0 Å². The smallest absolute Gasteiger partial charge is 0.255 e. The summed E-state index contributed by atoms with van der Waals surface area (Å²) in [7, 11) is 0. The second-order valence-corrected chi connectivity index (χ2v) is 7.42. The standard InChI is InChI=1S/C17H19BrN4O3/c18-14-7-13(8-19-9-14)17(23)22-4-1-12(10-22)16-20-15(21-25-16)11-2-5-24-6-3-11/h7-9,11-12H,1-6,10H2. The summed E-state index contributed by atoms with van der Waals surface area (Å²) in [5.41, 5.74) is 0.587. The molecule has 2 aromatic heterocycles. The summed E-state index contributed by atoms with van der Waals surface area (Å²) < 4.78 is 11.7. The average molecular weight is 407 g/mol. The predicted octanol–water partition coefficient (Wildman–Crippen LogP) is 2.75. The lowest BCUT2D eigenvalue weighted by Crippen LogP contribution is -2.28. The first-order valence-corrected chi connectivity index (χ1v) is 9.31. The third-order valence-corrected chi connectivity index (χ3v) is 5.25. The molecular weight excluding hydrogens is 388 g/mol. The number of pyridine rings is 1. The van der Waals surface area contributed by atoms with Gasteiger partial charge in [0.2, 0.25) is 5.89 Å². The van der Waals surface area contributed by atoms with Crippen LogP contribution in [0, 0.1) is 0 Å². The Morgan fingerprint density at radius 1 is 1.20 bits per heavy atom. The number of ether oxygens (including phenoxy) is 1. The van der Waals surface area contributed by atoms with E-state index in [0.717, 1.165) is 42.8 Å². The Hall–Kier alpha value is -1.80. The van der Waals surface area contributed by atoms with Gasteiger partial charge in [-0.1, -0.05) is 5.16 Å². The van der Waals surface area contributed by atoms with E-state index >= 15 is 0 Å². The van der Waals surface area contributed by atoms with E-state index in [1.807, 2.05) is 4.90 Å². The Labute approximate surface area is 153 Å². The summed E-state index contributed by atoms with van der Waals surface area (Å²) in [4.78, 5) is 23.1. The van der Waals surface area contributed by atoms with Crippen molar-refractivity contribution in [3.8, 4) is 0 Å². The van der Waals surface area contributed by atoms with E-state index in [4.69, 9.17) is 9.26 Å². The summed E-state index contributed by atoms with van der Waals surface area (Å²) in [6, 6.07) is 1.79. The third-order valence-electron chi connectivity index (χ3n) is 4.82. The molecule has 2 aliphatic heterocycles. The fraction of sp³-hybridized carbons (Fsp3) is 0.529. The molecule has 2 aliphatic rings. The van der Waals surface area contributed by atoms with Crippen LogP contribution in [-0.2, 0) is 4.74 Å². The lowest BCUT2D eigenvalue weighted by molar-refractivity contribution is 0.0789. The number of rotatable bonds is 3. The van der Waals surface area contributed by atoms with Gasteiger partial charge in [-0.15, -0.1) is 0 Å². The number of carbonyl (C=O) groups excluding carboxylic acids is 1. The zero-order valence-electron chi connectivity index (χ0n) is 13.7. The summed E-state index contributed by atoms with van der Waals surface area (Å²) in [6.07, 6.45) is 5.97. The monoisotopic (exact) mass is 406 g/mol. The molecule has 0 aromatic carbocycles. The molecule has 1 unspecified atom stereocenters. The Kier molecular flexibility index (Phi) is 4.80. The summed E-state index contributed by atoms with van der Waals surface area (Å²) >= 11 is 3.35. The van der Waals surface area contributed by atoms with Gasteiger partial charge in [0.05, 0.1) is 11.5 Å². The molecule has 8 heteroatoms. The molecule has 0 bridgehead atoms. The predicted molar refractivity (Wildman–Crippen MR) is 92.3 cm³/mol. The zero-order chi connectivity index (χ0) is 17.2. The summed E-state index contributed by atoms with van der Waals surface area (Å²) in [5.74, 6) is 1.83. The average Bonchev–Trinajstić information content (AvgIpc) is 3.31. The van der Waals surface area contributed by atoms with Crippen molar-refractivity contribution in [3.63, 3.8) is 0 Å². The van der Waals surface area contributed by atoms with E-state index < -0.39 is 0 Å². The fourth-order valence-electron chi connectivity index (χ4n) is 3.39. The van der Waals surface area contributed by atoms with Gasteiger partial charge < -0.3 is 14.2 Å². The number of aromatic nitrogens is 3. The van der Waals surface area contributed by atoms with Crippen LogP contribution >= 0.6 is 15.9 Å². The van der Waals surface area contributed by atoms with Crippen molar-refractivity contribution >= 4 is 21.8 Å². The van der Waals surface area contributed by atoms with Gasteiger partial charge >= 0.3 is 0 Å². The Morgan fingerprint density at radius 2 is 2.04 bits per heavy atom. The number of carbonyl (C=O) groups is 1. The summed E-state index contributed by atoms with van der Waals surface area (Å²) in [5, 5.41) is 4.16. The minimum Gasteiger partial charge on any atom is -0.381 e. The quantitative estimate of drug-likeness (QED) is 0.779. The first kappa shape index (κ1) is 16.7.